The molecular weight excluding hydrogens is 458 g/mol. The maximum Gasteiger partial charge on any atom is 0.224 e. The van der Waals surface area contributed by atoms with Crippen LogP contribution in [0.4, 0.5) is 0 Å². The first-order chi connectivity index (χ1) is 15.9. The molecule has 0 aromatic heterocycles. The van der Waals surface area contributed by atoms with Crippen molar-refractivity contribution in [2.75, 3.05) is 26.2 Å². The molecule has 8 heteroatoms. The number of halogens is 1. The van der Waals surface area contributed by atoms with E-state index in [4.69, 9.17) is 11.6 Å². The predicted octanol–water partition coefficient (Wildman–Crippen LogP) is 3.79. The van der Waals surface area contributed by atoms with Gasteiger partial charge in [-0.3, -0.25) is 9.69 Å². The summed E-state index contributed by atoms with van der Waals surface area (Å²) in [6.45, 7) is 4.40. The Morgan fingerprint density at radius 2 is 1.70 bits per heavy atom. The largest absolute Gasteiger partial charge is 0.352 e. The summed E-state index contributed by atoms with van der Waals surface area (Å²) in [5.41, 5.74) is 3.03. The Bertz CT molecular complexity index is 1050. The van der Waals surface area contributed by atoms with E-state index in [0.29, 0.717) is 36.5 Å². The van der Waals surface area contributed by atoms with Crippen molar-refractivity contribution >= 4 is 27.5 Å². The van der Waals surface area contributed by atoms with E-state index in [1.165, 1.54) is 22.7 Å². The molecule has 2 heterocycles. The molecular formula is C25H32ClN3O3S. The van der Waals surface area contributed by atoms with Gasteiger partial charge >= 0.3 is 0 Å². The summed E-state index contributed by atoms with van der Waals surface area (Å²) >= 11 is 5.90. The van der Waals surface area contributed by atoms with Gasteiger partial charge in [0.05, 0.1) is 11.7 Å². The van der Waals surface area contributed by atoms with E-state index < -0.39 is 10.0 Å². The number of benzene rings is 2. The molecule has 0 bridgehead atoms. The fourth-order valence-electron chi connectivity index (χ4n) is 4.66. The van der Waals surface area contributed by atoms with E-state index in [2.05, 4.69) is 22.3 Å². The minimum absolute atomic E-state index is 0.0775. The molecule has 2 aliphatic rings. The van der Waals surface area contributed by atoms with Crippen molar-refractivity contribution in [1.82, 2.24) is 14.5 Å². The number of carbonyl (C=O) groups excluding carboxylic acids is 1. The summed E-state index contributed by atoms with van der Waals surface area (Å²) in [4.78, 5) is 15.3. The van der Waals surface area contributed by atoms with Crippen LogP contribution in [0.5, 0.6) is 0 Å². The number of hydrogen-bond donors (Lipinski definition) is 1. The fraction of sp³-hybridized carbons (Fsp3) is 0.480. The van der Waals surface area contributed by atoms with Crippen LogP contribution in [0.25, 0.3) is 0 Å². The van der Waals surface area contributed by atoms with Crippen LogP contribution in [-0.2, 0) is 33.7 Å². The smallest absolute Gasteiger partial charge is 0.224 e. The maximum atomic E-state index is 12.9. The number of nitrogens with one attached hydrogen (secondary N) is 1. The van der Waals surface area contributed by atoms with Crippen molar-refractivity contribution in [2.24, 2.45) is 5.92 Å². The molecule has 2 aromatic carbocycles. The molecule has 0 aliphatic carbocycles. The third-order valence-electron chi connectivity index (χ3n) is 6.47. The number of amides is 1. The lowest BCUT2D eigenvalue weighted by molar-refractivity contribution is -0.126. The monoisotopic (exact) mass is 489 g/mol. The Morgan fingerprint density at radius 1 is 0.970 bits per heavy atom. The first-order valence-electron chi connectivity index (χ1n) is 11.7. The quantitative estimate of drug-likeness (QED) is 0.612. The minimum Gasteiger partial charge on any atom is -0.352 e. The van der Waals surface area contributed by atoms with E-state index in [9.17, 15) is 13.2 Å². The predicted molar refractivity (Wildman–Crippen MR) is 131 cm³/mol. The summed E-state index contributed by atoms with van der Waals surface area (Å²) in [6.07, 6.45) is 3.92. The molecule has 2 saturated heterocycles. The van der Waals surface area contributed by atoms with Gasteiger partial charge in [0.2, 0.25) is 15.9 Å². The average molecular weight is 490 g/mol. The minimum atomic E-state index is -3.49. The van der Waals surface area contributed by atoms with Gasteiger partial charge in [0.25, 0.3) is 0 Å². The fourth-order valence-corrected chi connectivity index (χ4v) is 6.40. The van der Waals surface area contributed by atoms with Crippen molar-refractivity contribution in [3.8, 4) is 0 Å². The highest BCUT2D eigenvalue weighted by Gasteiger charge is 2.32. The van der Waals surface area contributed by atoms with E-state index in [0.717, 1.165) is 25.2 Å². The zero-order valence-corrected chi connectivity index (χ0v) is 20.5. The third-order valence-corrected chi connectivity index (χ3v) is 8.54. The van der Waals surface area contributed by atoms with Crippen molar-refractivity contribution in [3.63, 3.8) is 0 Å². The molecule has 0 spiro atoms. The lowest BCUT2D eigenvalue weighted by Gasteiger charge is -2.31. The molecule has 2 aliphatic heterocycles. The number of nitrogens with zero attached hydrogens (tertiary/aromatic N) is 2. The second-order valence-corrected chi connectivity index (χ2v) is 11.5. The first kappa shape index (κ1) is 24.2. The van der Waals surface area contributed by atoms with Crippen LogP contribution >= 0.6 is 11.6 Å². The average Bonchev–Trinajstić information content (AvgIpc) is 3.32. The first-order valence-corrected chi connectivity index (χ1v) is 13.7. The van der Waals surface area contributed by atoms with Gasteiger partial charge in [0, 0.05) is 31.2 Å². The highest BCUT2D eigenvalue weighted by atomic mass is 35.5. The third kappa shape index (κ3) is 6.79. The molecule has 0 saturated carbocycles. The zero-order valence-electron chi connectivity index (χ0n) is 18.9. The Kier molecular flexibility index (Phi) is 8.07. The van der Waals surface area contributed by atoms with Gasteiger partial charge in [0.15, 0.2) is 0 Å². The molecule has 0 radical (unpaired) electrons. The number of likely N-dealkylation sites (tertiary alicyclic amines) is 1. The summed E-state index contributed by atoms with van der Waals surface area (Å²) in [7, 11) is -3.49. The Hall–Kier alpha value is -1.93. The summed E-state index contributed by atoms with van der Waals surface area (Å²) < 4.78 is 27.3. The lowest BCUT2D eigenvalue weighted by atomic mass is 9.98. The van der Waals surface area contributed by atoms with E-state index in [1.807, 2.05) is 12.1 Å². The summed E-state index contributed by atoms with van der Waals surface area (Å²) in [5, 5.41) is 3.61. The Morgan fingerprint density at radius 3 is 2.45 bits per heavy atom. The van der Waals surface area contributed by atoms with Gasteiger partial charge in [-0.2, -0.15) is 0 Å². The Balaban J connectivity index is 1.31. The van der Waals surface area contributed by atoms with Crippen LogP contribution in [0.2, 0.25) is 5.02 Å². The van der Waals surface area contributed by atoms with Crippen molar-refractivity contribution in [2.45, 2.75) is 44.5 Å². The van der Waals surface area contributed by atoms with Crippen LogP contribution < -0.4 is 5.32 Å². The van der Waals surface area contributed by atoms with Crippen molar-refractivity contribution in [3.05, 3.63) is 70.2 Å². The summed E-state index contributed by atoms with van der Waals surface area (Å²) in [6, 6.07) is 15.2. The number of sulfonamides is 1. The van der Waals surface area contributed by atoms with Crippen LogP contribution in [0.3, 0.4) is 0 Å². The molecule has 178 valence electrons. The van der Waals surface area contributed by atoms with Crippen molar-refractivity contribution in [1.29, 1.82) is 0 Å². The van der Waals surface area contributed by atoms with Gasteiger partial charge in [-0.25, -0.2) is 12.7 Å². The van der Waals surface area contributed by atoms with Crippen molar-refractivity contribution < 1.29 is 13.2 Å². The van der Waals surface area contributed by atoms with Crippen LogP contribution in [0, 0.1) is 5.92 Å². The second kappa shape index (κ2) is 11.0. The molecule has 33 heavy (non-hydrogen) atoms. The van der Waals surface area contributed by atoms with Gasteiger partial charge in [-0.1, -0.05) is 48.0 Å². The highest BCUT2D eigenvalue weighted by Crippen LogP contribution is 2.22. The molecule has 2 fully saturated rings. The van der Waals surface area contributed by atoms with E-state index in [-0.39, 0.29) is 24.1 Å². The zero-order chi connectivity index (χ0) is 23.3. The molecule has 1 N–H and O–H groups in total. The van der Waals surface area contributed by atoms with Gasteiger partial charge < -0.3 is 5.32 Å². The van der Waals surface area contributed by atoms with E-state index >= 15 is 0 Å². The molecule has 1 atom stereocenters. The van der Waals surface area contributed by atoms with Gasteiger partial charge in [-0.05, 0) is 67.6 Å². The standard InChI is InChI=1S/C25H32ClN3O3S/c26-24-10-8-20(9-11-24)19-33(31,32)29-14-4-7-23(18-29)25(30)27-16-21-5-3-6-22(15-21)17-28-12-1-2-13-28/h3,5-6,8-11,15,23H,1-2,4,7,12-14,16-19H2,(H,27,30)/t23-/m1/s1. The topological polar surface area (TPSA) is 69.7 Å². The number of piperidine rings is 1. The molecule has 4 rings (SSSR count). The molecule has 2 aromatic rings. The maximum absolute atomic E-state index is 12.9. The highest BCUT2D eigenvalue weighted by molar-refractivity contribution is 7.88. The van der Waals surface area contributed by atoms with Gasteiger partial charge in [-0.15, -0.1) is 0 Å². The molecule has 6 nitrogen and oxygen atoms in total. The number of hydrogen-bond acceptors (Lipinski definition) is 4. The molecule has 1 amide bonds. The normalized spacial score (nSPS) is 20.1. The van der Waals surface area contributed by atoms with Crippen LogP contribution in [-0.4, -0.2) is 49.7 Å². The lowest BCUT2D eigenvalue weighted by Crippen LogP contribution is -2.45. The molecule has 0 unspecified atom stereocenters. The van der Waals surface area contributed by atoms with Crippen LogP contribution in [0.1, 0.15) is 42.4 Å². The second-order valence-electron chi connectivity index (χ2n) is 9.10. The SMILES string of the molecule is O=C(NCc1cccc(CN2CCCC2)c1)[C@@H]1CCCN(S(=O)(=O)Cc2ccc(Cl)cc2)C1. The van der Waals surface area contributed by atoms with Crippen LogP contribution in [0.15, 0.2) is 48.5 Å². The summed E-state index contributed by atoms with van der Waals surface area (Å²) in [5.74, 6) is -0.486. The number of rotatable bonds is 8. The Labute approximate surface area is 202 Å². The number of carbonyl (C=O) groups is 1. The van der Waals surface area contributed by atoms with E-state index in [1.54, 1.807) is 24.3 Å². The van der Waals surface area contributed by atoms with Gasteiger partial charge in [0.1, 0.15) is 0 Å².